The fourth-order valence-electron chi connectivity index (χ4n) is 0.801. The molecule has 8 heteroatoms. The summed E-state index contributed by atoms with van der Waals surface area (Å²) in [6, 6.07) is 1.94. The number of halogens is 3. The molecule has 15 heavy (non-hydrogen) atoms. The van der Waals surface area contributed by atoms with Crippen molar-refractivity contribution in [3.8, 4) is 0 Å². The summed E-state index contributed by atoms with van der Waals surface area (Å²) in [6.07, 6.45) is 0. The molecule has 0 amide bonds. The fourth-order valence-corrected chi connectivity index (χ4v) is 1.70. The smallest absolute Gasteiger partial charge is 0.268 e. The number of benzene rings is 1. The van der Waals surface area contributed by atoms with Gasteiger partial charge in [0.2, 0.25) is 0 Å². The second-order valence-electron chi connectivity index (χ2n) is 2.53. The number of hydrogen-bond donors (Lipinski definition) is 2. The van der Waals surface area contributed by atoms with Gasteiger partial charge in [0.15, 0.2) is 5.82 Å². The van der Waals surface area contributed by atoms with Crippen molar-refractivity contribution in [1.29, 1.82) is 0 Å². The Morgan fingerprint density at radius 3 is 2.47 bits per heavy atom. The molecule has 1 aromatic rings. The lowest BCUT2D eigenvalue weighted by Gasteiger charge is -2.08. The van der Waals surface area contributed by atoms with Gasteiger partial charge in [0.1, 0.15) is 5.82 Å². The Labute approximate surface area is 94.0 Å². The average molecular weight is 301 g/mol. The molecule has 84 valence electrons. The monoisotopic (exact) mass is 300 g/mol. The predicted octanol–water partition coefficient (Wildman–Crippen LogP) is 1.60. The maximum atomic E-state index is 13.3. The van der Waals surface area contributed by atoms with Crippen LogP contribution >= 0.6 is 15.9 Å². The van der Waals surface area contributed by atoms with Gasteiger partial charge in [0, 0.05) is 7.05 Å². The van der Waals surface area contributed by atoms with Crippen molar-refractivity contribution < 1.29 is 17.2 Å². The van der Waals surface area contributed by atoms with Crippen LogP contribution in [0.2, 0.25) is 0 Å². The summed E-state index contributed by atoms with van der Waals surface area (Å²) in [6.45, 7) is 0. The lowest BCUT2D eigenvalue weighted by Crippen LogP contribution is -2.26. The first-order valence-electron chi connectivity index (χ1n) is 3.72. The second kappa shape index (κ2) is 4.42. The molecule has 0 fully saturated rings. The summed E-state index contributed by atoms with van der Waals surface area (Å²) < 4.78 is 51.5. The minimum atomic E-state index is -3.81. The van der Waals surface area contributed by atoms with Crippen molar-refractivity contribution >= 4 is 31.8 Å². The van der Waals surface area contributed by atoms with Gasteiger partial charge in [-0.05, 0) is 28.1 Å². The van der Waals surface area contributed by atoms with E-state index in [4.69, 9.17) is 0 Å². The van der Waals surface area contributed by atoms with Crippen molar-refractivity contribution in [2.24, 2.45) is 0 Å². The number of anilines is 1. The van der Waals surface area contributed by atoms with Crippen molar-refractivity contribution in [3.05, 3.63) is 28.2 Å². The Morgan fingerprint density at radius 2 is 1.93 bits per heavy atom. The molecule has 0 bridgehead atoms. The molecule has 0 saturated heterocycles. The molecule has 4 nitrogen and oxygen atoms in total. The Bertz CT molecular complexity index is 478. The van der Waals surface area contributed by atoms with E-state index in [-0.39, 0.29) is 5.69 Å². The topological polar surface area (TPSA) is 58.2 Å². The van der Waals surface area contributed by atoms with Gasteiger partial charge in [-0.2, -0.15) is 8.42 Å². The van der Waals surface area contributed by atoms with E-state index >= 15 is 0 Å². The molecule has 0 saturated carbocycles. The van der Waals surface area contributed by atoms with Gasteiger partial charge in [-0.1, -0.05) is 0 Å². The summed E-state index contributed by atoms with van der Waals surface area (Å²) in [5, 5.41) is 0. The largest absolute Gasteiger partial charge is 0.298 e. The number of rotatable bonds is 3. The van der Waals surface area contributed by atoms with Crippen LogP contribution in [0.25, 0.3) is 0 Å². The first-order chi connectivity index (χ1) is 6.87. The predicted molar refractivity (Wildman–Crippen MR) is 55.7 cm³/mol. The van der Waals surface area contributed by atoms with Crippen LogP contribution in [0.15, 0.2) is 16.6 Å². The highest BCUT2D eigenvalue weighted by Crippen LogP contribution is 2.26. The third kappa shape index (κ3) is 2.86. The highest BCUT2D eigenvalue weighted by molar-refractivity contribution is 9.10. The van der Waals surface area contributed by atoms with E-state index in [2.05, 4.69) is 15.9 Å². The number of nitrogens with one attached hydrogen (secondary N) is 2. The standard InChI is InChI=1S/C7H7BrF2N2O2S/c1-11-15(13,14)12-5-3-2-4(9)6(8)7(5)10/h2-3,11-12H,1H3. The highest BCUT2D eigenvalue weighted by atomic mass is 79.9. The summed E-state index contributed by atoms with van der Waals surface area (Å²) in [4.78, 5) is 0. The molecule has 1 aromatic carbocycles. The second-order valence-corrected chi connectivity index (χ2v) is 4.94. The maximum Gasteiger partial charge on any atom is 0.298 e. The molecule has 0 aliphatic rings. The third-order valence-corrected chi connectivity index (χ3v) is 3.30. The van der Waals surface area contributed by atoms with Crippen LogP contribution < -0.4 is 9.44 Å². The lowest BCUT2D eigenvalue weighted by molar-refractivity contribution is 0.572. The molecule has 0 aliphatic heterocycles. The van der Waals surface area contributed by atoms with Crippen molar-refractivity contribution in [3.63, 3.8) is 0 Å². The fraction of sp³-hybridized carbons (Fsp3) is 0.143. The van der Waals surface area contributed by atoms with E-state index < -0.39 is 26.3 Å². The van der Waals surface area contributed by atoms with Gasteiger partial charge in [0.25, 0.3) is 10.2 Å². The summed E-state index contributed by atoms with van der Waals surface area (Å²) in [5.41, 5.74) is -0.336. The van der Waals surface area contributed by atoms with E-state index in [1.165, 1.54) is 7.05 Å². The molecule has 0 aliphatic carbocycles. The molecule has 0 unspecified atom stereocenters. The van der Waals surface area contributed by atoms with E-state index in [1.807, 2.05) is 9.44 Å². The van der Waals surface area contributed by atoms with Crippen LogP contribution in [0.4, 0.5) is 14.5 Å². The van der Waals surface area contributed by atoms with Crippen LogP contribution in [0.1, 0.15) is 0 Å². The molecule has 0 atom stereocenters. The Morgan fingerprint density at radius 1 is 1.33 bits per heavy atom. The van der Waals surface area contributed by atoms with Gasteiger partial charge < -0.3 is 0 Å². The van der Waals surface area contributed by atoms with E-state index in [1.54, 1.807) is 0 Å². The molecular weight excluding hydrogens is 294 g/mol. The van der Waals surface area contributed by atoms with Gasteiger partial charge in [-0.25, -0.2) is 13.5 Å². The SMILES string of the molecule is CNS(=O)(=O)Nc1ccc(F)c(Br)c1F. The highest BCUT2D eigenvalue weighted by Gasteiger charge is 2.15. The Hall–Kier alpha value is -0.730. The van der Waals surface area contributed by atoms with Crippen LogP contribution in [0.3, 0.4) is 0 Å². The van der Waals surface area contributed by atoms with Crippen molar-refractivity contribution in [2.75, 3.05) is 11.8 Å². The van der Waals surface area contributed by atoms with Crippen LogP contribution in [0.5, 0.6) is 0 Å². The minimum Gasteiger partial charge on any atom is -0.268 e. The first-order valence-corrected chi connectivity index (χ1v) is 6.00. The van der Waals surface area contributed by atoms with Crippen LogP contribution in [0, 0.1) is 11.6 Å². The Balaban J connectivity index is 3.13. The summed E-state index contributed by atoms with van der Waals surface area (Å²) >= 11 is 2.65. The molecule has 2 N–H and O–H groups in total. The molecule has 0 aromatic heterocycles. The quantitative estimate of drug-likeness (QED) is 0.833. The van der Waals surface area contributed by atoms with Crippen LogP contribution in [-0.2, 0) is 10.2 Å². The van der Waals surface area contributed by atoms with Gasteiger partial charge in [0.05, 0.1) is 10.2 Å². The molecule has 0 spiro atoms. The maximum absolute atomic E-state index is 13.3. The normalized spacial score (nSPS) is 11.5. The first kappa shape index (κ1) is 12.3. The van der Waals surface area contributed by atoms with E-state index in [9.17, 15) is 17.2 Å². The summed E-state index contributed by atoms with van der Waals surface area (Å²) in [7, 11) is -2.64. The van der Waals surface area contributed by atoms with Crippen molar-refractivity contribution in [2.45, 2.75) is 0 Å². The van der Waals surface area contributed by atoms with E-state index in [0.29, 0.717) is 0 Å². The Kier molecular flexibility index (Phi) is 3.63. The van der Waals surface area contributed by atoms with E-state index in [0.717, 1.165) is 12.1 Å². The zero-order chi connectivity index (χ0) is 11.6. The minimum absolute atomic E-state index is 0.336. The molecule has 0 heterocycles. The third-order valence-electron chi connectivity index (χ3n) is 1.55. The van der Waals surface area contributed by atoms with Gasteiger partial charge in [-0.3, -0.25) is 4.72 Å². The number of hydrogen-bond acceptors (Lipinski definition) is 2. The molecular formula is C7H7BrF2N2O2S. The molecule has 0 radical (unpaired) electrons. The van der Waals surface area contributed by atoms with Crippen LogP contribution in [-0.4, -0.2) is 15.5 Å². The van der Waals surface area contributed by atoms with Gasteiger partial charge >= 0.3 is 0 Å². The molecule has 1 rings (SSSR count). The lowest BCUT2D eigenvalue weighted by atomic mass is 10.3. The zero-order valence-corrected chi connectivity index (χ0v) is 9.92. The summed E-state index contributed by atoms with van der Waals surface area (Å²) in [5.74, 6) is -1.81. The zero-order valence-electron chi connectivity index (χ0n) is 7.51. The van der Waals surface area contributed by atoms with Gasteiger partial charge in [-0.15, -0.1) is 0 Å². The van der Waals surface area contributed by atoms with Crippen molar-refractivity contribution in [1.82, 2.24) is 4.72 Å². The average Bonchev–Trinajstić information content (AvgIpc) is 2.19.